The zero-order valence-corrected chi connectivity index (χ0v) is 13.5. The van der Waals surface area contributed by atoms with Crippen molar-refractivity contribution >= 4 is 17.0 Å². The molecule has 0 radical (unpaired) electrons. The van der Waals surface area contributed by atoms with Crippen LogP contribution in [0.4, 0.5) is 4.79 Å². The number of nitrogens with one attached hydrogen (secondary N) is 2. The van der Waals surface area contributed by atoms with Gasteiger partial charge in [0.05, 0.1) is 6.61 Å². The van der Waals surface area contributed by atoms with E-state index >= 15 is 0 Å². The molecule has 1 aromatic carbocycles. The second-order valence-corrected chi connectivity index (χ2v) is 6.66. The number of aliphatic hydroxyl groups is 1. The number of benzene rings is 1. The standard InChI is InChI=1S/C18H24N2O3/c1-18(12-21)9-4-7-16(18)20-17(22)19-10-8-14-11-13-5-2-3-6-15(13)23-14/h2-3,5-6,11,16,21H,4,7-10,12H2,1H3,(H2,19,20,22). The summed E-state index contributed by atoms with van der Waals surface area (Å²) in [4.78, 5) is 12.0. The normalized spacial score (nSPS) is 24.0. The highest BCUT2D eigenvalue weighted by Gasteiger charge is 2.39. The van der Waals surface area contributed by atoms with Gasteiger partial charge >= 0.3 is 6.03 Å². The van der Waals surface area contributed by atoms with Crippen molar-refractivity contribution in [3.63, 3.8) is 0 Å². The maximum absolute atomic E-state index is 12.0. The Balaban J connectivity index is 1.47. The molecule has 23 heavy (non-hydrogen) atoms. The summed E-state index contributed by atoms with van der Waals surface area (Å²) in [6.07, 6.45) is 3.58. The van der Waals surface area contributed by atoms with E-state index in [4.69, 9.17) is 4.42 Å². The van der Waals surface area contributed by atoms with Gasteiger partial charge in [0.15, 0.2) is 0 Å². The summed E-state index contributed by atoms with van der Waals surface area (Å²) < 4.78 is 5.73. The molecule has 5 heteroatoms. The second kappa shape index (κ2) is 6.62. The summed E-state index contributed by atoms with van der Waals surface area (Å²) in [7, 11) is 0. The van der Waals surface area contributed by atoms with Gasteiger partial charge in [-0.1, -0.05) is 31.5 Å². The zero-order valence-electron chi connectivity index (χ0n) is 13.5. The molecular formula is C18H24N2O3. The van der Waals surface area contributed by atoms with Crippen LogP contribution in [0.1, 0.15) is 31.9 Å². The van der Waals surface area contributed by atoms with E-state index in [9.17, 15) is 9.90 Å². The van der Waals surface area contributed by atoms with Crippen LogP contribution in [0.15, 0.2) is 34.7 Å². The number of hydrogen-bond acceptors (Lipinski definition) is 3. The van der Waals surface area contributed by atoms with Crippen molar-refractivity contribution in [3.8, 4) is 0 Å². The Kier molecular flexibility index (Phi) is 4.57. The summed E-state index contributed by atoms with van der Waals surface area (Å²) in [5.74, 6) is 0.868. The monoisotopic (exact) mass is 316 g/mol. The third-order valence-corrected chi connectivity index (χ3v) is 4.88. The predicted octanol–water partition coefficient (Wildman–Crippen LogP) is 2.83. The van der Waals surface area contributed by atoms with Crippen LogP contribution in [0.5, 0.6) is 0 Å². The van der Waals surface area contributed by atoms with Crippen molar-refractivity contribution < 1.29 is 14.3 Å². The number of amides is 2. The van der Waals surface area contributed by atoms with Crippen LogP contribution >= 0.6 is 0 Å². The van der Waals surface area contributed by atoms with Crippen LogP contribution in [0.2, 0.25) is 0 Å². The van der Waals surface area contributed by atoms with Gasteiger partial charge in [-0.25, -0.2) is 4.79 Å². The molecule has 1 aliphatic carbocycles. The van der Waals surface area contributed by atoms with Gasteiger partial charge in [-0.15, -0.1) is 0 Å². The van der Waals surface area contributed by atoms with Crippen molar-refractivity contribution in [1.82, 2.24) is 10.6 Å². The molecule has 3 N–H and O–H groups in total. The maximum atomic E-state index is 12.0. The lowest BCUT2D eigenvalue weighted by atomic mass is 9.86. The van der Waals surface area contributed by atoms with E-state index < -0.39 is 0 Å². The van der Waals surface area contributed by atoms with E-state index in [2.05, 4.69) is 10.6 Å². The lowest BCUT2D eigenvalue weighted by Gasteiger charge is -2.30. The molecule has 3 rings (SSSR count). The molecule has 2 amide bonds. The molecule has 0 saturated heterocycles. The van der Waals surface area contributed by atoms with E-state index in [1.807, 2.05) is 37.3 Å². The summed E-state index contributed by atoms with van der Waals surface area (Å²) in [5, 5.41) is 16.5. The molecule has 1 aliphatic rings. The number of aliphatic hydroxyl groups excluding tert-OH is 1. The van der Waals surface area contributed by atoms with E-state index in [-0.39, 0.29) is 24.1 Å². The quantitative estimate of drug-likeness (QED) is 0.794. The maximum Gasteiger partial charge on any atom is 0.315 e. The Morgan fingerprint density at radius 1 is 1.43 bits per heavy atom. The van der Waals surface area contributed by atoms with Crippen molar-refractivity contribution in [2.75, 3.05) is 13.2 Å². The van der Waals surface area contributed by atoms with Crippen LogP contribution in [0.25, 0.3) is 11.0 Å². The molecular weight excluding hydrogens is 292 g/mol. The fraction of sp³-hybridized carbons (Fsp3) is 0.500. The topological polar surface area (TPSA) is 74.5 Å². The number of carbonyl (C=O) groups is 1. The average Bonchev–Trinajstić information content (AvgIpc) is 3.11. The molecule has 2 unspecified atom stereocenters. The van der Waals surface area contributed by atoms with Gasteiger partial charge < -0.3 is 20.2 Å². The van der Waals surface area contributed by atoms with Gasteiger partial charge in [-0.3, -0.25) is 0 Å². The first kappa shape index (κ1) is 15.9. The molecule has 1 saturated carbocycles. The first-order valence-corrected chi connectivity index (χ1v) is 8.23. The number of hydrogen-bond donors (Lipinski definition) is 3. The third kappa shape index (κ3) is 3.50. The van der Waals surface area contributed by atoms with Crippen LogP contribution < -0.4 is 10.6 Å². The number of carbonyl (C=O) groups excluding carboxylic acids is 1. The largest absolute Gasteiger partial charge is 0.461 e. The van der Waals surface area contributed by atoms with E-state index in [0.29, 0.717) is 13.0 Å². The fourth-order valence-electron chi connectivity index (χ4n) is 3.34. The van der Waals surface area contributed by atoms with Crippen LogP contribution in [0.3, 0.4) is 0 Å². The molecule has 0 aliphatic heterocycles. The molecule has 1 heterocycles. The number of urea groups is 1. The average molecular weight is 316 g/mol. The minimum absolute atomic E-state index is 0.0405. The molecule has 2 atom stereocenters. The summed E-state index contributed by atoms with van der Waals surface area (Å²) in [6.45, 7) is 2.66. The van der Waals surface area contributed by atoms with E-state index in [1.54, 1.807) is 0 Å². The van der Waals surface area contributed by atoms with Gasteiger partial charge in [0.2, 0.25) is 0 Å². The second-order valence-electron chi connectivity index (χ2n) is 6.66. The molecule has 2 aromatic rings. The number of para-hydroxylation sites is 1. The minimum atomic E-state index is -0.198. The van der Waals surface area contributed by atoms with Crippen molar-refractivity contribution in [2.45, 2.75) is 38.6 Å². The summed E-state index contributed by atoms with van der Waals surface area (Å²) in [6, 6.07) is 9.75. The highest BCUT2D eigenvalue weighted by atomic mass is 16.3. The van der Waals surface area contributed by atoms with Crippen molar-refractivity contribution in [1.29, 1.82) is 0 Å². The van der Waals surface area contributed by atoms with Crippen LogP contribution in [-0.2, 0) is 6.42 Å². The number of fused-ring (bicyclic) bond motifs is 1. The van der Waals surface area contributed by atoms with E-state index in [1.165, 1.54) is 0 Å². The molecule has 0 spiro atoms. The summed E-state index contributed by atoms with van der Waals surface area (Å²) >= 11 is 0. The highest BCUT2D eigenvalue weighted by molar-refractivity contribution is 5.77. The first-order valence-electron chi connectivity index (χ1n) is 8.23. The molecule has 0 bridgehead atoms. The van der Waals surface area contributed by atoms with Gasteiger partial charge in [0, 0.05) is 29.8 Å². The Bertz CT molecular complexity index is 649. The lowest BCUT2D eigenvalue weighted by molar-refractivity contribution is 0.121. The van der Waals surface area contributed by atoms with Crippen LogP contribution in [0, 0.1) is 5.41 Å². The van der Waals surface area contributed by atoms with Gasteiger partial charge in [-0.05, 0) is 25.0 Å². The predicted molar refractivity (Wildman–Crippen MR) is 89.3 cm³/mol. The molecule has 1 aromatic heterocycles. The number of furan rings is 1. The Hall–Kier alpha value is -2.01. The van der Waals surface area contributed by atoms with Crippen molar-refractivity contribution in [3.05, 3.63) is 36.1 Å². The van der Waals surface area contributed by atoms with Gasteiger partial charge in [0.25, 0.3) is 0 Å². The molecule has 5 nitrogen and oxygen atoms in total. The Labute approximate surface area is 136 Å². The Morgan fingerprint density at radius 3 is 3.04 bits per heavy atom. The lowest BCUT2D eigenvalue weighted by Crippen LogP contribution is -2.48. The zero-order chi connectivity index (χ0) is 16.3. The van der Waals surface area contributed by atoms with Crippen LogP contribution in [-0.4, -0.2) is 30.3 Å². The smallest absolute Gasteiger partial charge is 0.315 e. The van der Waals surface area contributed by atoms with Gasteiger partial charge in [-0.2, -0.15) is 0 Å². The fourth-order valence-corrected chi connectivity index (χ4v) is 3.34. The van der Waals surface area contributed by atoms with Gasteiger partial charge in [0.1, 0.15) is 11.3 Å². The third-order valence-electron chi connectivity index (χ3n) is 4.88. The minimum Gasteiger partial charge on any atom is -0.461 e. The number of rotatable bonds is 5. The molecule has 124 valence electrons. The first-order chi connectivity index (χ1) is 11.1. The Morgan fingerprint density at radius 2 is 2.26 bits per heavy atom. The highest BCUT2D eigenvalue weighted by Crippen LogP contribution is 2.37. The molecule has 1 fully saturated rings. The van der Waals surface area contributed by atoms with E-state index in [0.717, 1.165) is 36.0 Å². The SMILES string of the molecule is CC1(CO)CCCC1NC(=O)NCCc1cc2ccccc2o1. The van der Waals surface area contributed by atoms with Crippen molar-refractivity contribution in [2.24, 2.45) is 5.41 Å². The summed E-state index contributed by atoms with van der Waals surface area (Å²) in [5.41, 5.74) is 0.674.